The number of ether oxygens (including phenoxy) is 1. The SMILES string of the molecule is CN(C)CCNC(=O)N1CCN(c2ccccc2N2CCOCC2)CC1. The molecule has 7 nitrogen and oxygen atoms in total. The molecule has 0 aliphatic carbocycles. The van der Waals surface area contributed by atoms with Gasteiger partial charge >= 0.3 is 6.03 Å². The van der Waals surface area contributed by atoms with Gasteiger partial charge in [0.1, 0.15) is 0 Å². The molecule has 3 rings (SSSR count). The van der Waals surface area contributed by atoms with E-state index in [0.717, 1.165) is 59.0 Å². The van der Waals surface area contributed by atoms with E-state index in [1.54, 1.807) is 0 Å². The van der Waals surface area contributed by atoms with E-state index in [-0.39, 0.29) is 6.03 Å². The van der Waals surface area contributed by atoms with Crippen molar-refractivity contribution >= 4 is 17.4 Å². The summed E-state index contributed by atoms with van der Waals surface area (Å²) in [6, 6.07) is 8.63. The number of likely N-dealkylation sites (N-methyl/N-ethyl adjacent to an activating group) is 1. The van der Waals surface area contributed by atoms with E-state index in [9.17, 15) is 4.79 Å². The van der Waals surface area contributed by atoms with Gasteiger partial charge in [0.2, 0.25) is 0 Å². The molecule has 0 aromatic heterocycles. The zero-order valence-corrected chi connectivity index (χ0v) is 16.0. The van der Waals surface area contributed by atoms with Crippen LogP contribution in [-0.2, 0) is 4.74 Å². The number of carbonyl (C=O) groups is 1. The number of hydrogen-bond acceptors (Lipinski definition) is 5. The van der Waals surface area contributed by atoms with Crippen LogP contribution in [0.4, 0.5) is 16.2 Å². The van der Waals surface area contributed by atoms with Crippen LogP contribution in [0.25, 0.3) is 0 Å². The van der Waals surface area contributed by atoms with Crippen molar-refractivity contribution in [1.82, 2.24) is 15.1 Å². The van der Waals surface area contributed by atoms with Crippen molar-refractivity contribution in [2.45, 2.75) is 0 Å². The summed E-state index contributed by atoms with van der Waals surface area (Å²) < 4.78 is 5.48. The molecule has 2 amide bonds. The number of nitrogens with one attached hydrogen (secondary N) is 1. The monoisotopic (exact) mass is 361 g/mol. The van der Waals surface area contributed by atoms with Gasteiger partial charge in [0.05, 0.1) is 24.6 Å². The van der Waals surface area contributed by atoms with Crippen LogP contribution in [0, 0.1) is 0 Å². The number of carbonyl (C=O) groups excluding carboxylic acids is 1. The Bertz CT molecular complexity index is 581. The second-order valence-electron chi connectivity index (χ2n) is 7.10. The number of nitrogens with zero attached hydrogens (tertiary/aromatic N) is 4. The van der Waals surface area contributed by atoms with E-state index < -0.39 is 0 Å². The minimum atomic E-state index is 0.0490. The van der Waals surface area contributed by atoms with Crippen molar-refractivity contribution < 1.29 is 9.53 Å². The van der Waals surface area contributed by atoms with E-state index in [4.69, 9.17) is 4.74 Å². The summed E-state index contributed by atoms with van der Waals surface area (Å²) in [5.41, 5.74) is 2.54. The number of piperazine rings is 1. The van der Waals surface area contributed by atoms with Crippen molar-refractivity contribution in [3.05, 3.63) is 24.3 Å². The zero-order valence-electron chi connectivity index (χ0n) is 16.0. The number of amides is 2. The Hall–Kier alpha value is -1.99. The van der Waals surface area contributed by atoms with Crippen LogP contribution >= 0.6 is 0 Å². The number of anilines is 2. The normalized spacial score (nSPS) is 18.3. The maximum atomic E-state index is 12.3. The fourth-order valence-electron chi connectivity index (χ4n) is 3.45. The van der Waals surface area contributed by atoms with Gasteiger partial charge in [-0.3, -0.25) is 0 Å². The summed E-state index contributed by atoms with van der Waals surface area (Å²) in [4.78, 5) is 21.1. The summed E-state index contributed by atoms with van der Waals surface area (Å²) in [5, 5.41) is 3.01. The van der Waals surface area contributed by atoms with Gasteiger partial charge < -0.3 is 29.7 Å². The first-order chi connectivity index (χ1) is 12.6. The highest BCUT2D eigenvalue weighted by molar-refractivity contribution is 5.75. The van der Waals surface area contributed by atoms with Gasteiger partial charge in [-0.15, -0.1) is 0 Å². The molecule has 0 bridgehead atoms. The number of para-hydroxylation sites is 2. The van der Waals surface area contributed by atoms with Crippen LogP contribution in [-0.4, -0.2) is 95.5 Å². The van der Waals surface area contributed by atoms with Crippen molar-refractivity contribution in [2.75, 3.05) is 89.5 Å². The molecule has 7 heteroatoms. The first kappa shape index (κ1) is 18.8. The molecule has 26 heavy (non-hydrogen) atoms. The molecule has 2 aliphatic rings. The number of hydrogen-bond donors (Lipinski definition) is 1. The number of morpholine rings is 1. The Morgan fingerprint density at radius 1 is 1.00 bits per heavy atom. The molecule has 1 aromatic carbocycles. The first-order valence-electron chi connectivity index (χ1n) is 9.49. The van der Waals surface area contributed by atoms with Gasteiger partial charge in [-0.1, -0.05) is 12.1 Å². The molecule has 2 heterocycles. The topological polar surface area (TPSA) is 51.3 Å². The van der Waals surface area contributed by atoms with Crippen LogP contribution in [0.3, 0.4) is 0 Å². The minimum absolute atomic E-state index is 0.0490. The molecule has 144 valence electrons. The average Bonchev–Trinajstić information content (AvgIpc) is 2.68. The lowest BCUT2D eigenvalue weighted by Gasteiger charge is -2.39. The van der Waals surface area contributed by atoms with Crippen molar-refractivity contribution in [1.29, 1.82) is 0 Å². The van der Waals surface area contributed by atoms with Crippen LogP contribution in [0.1, 0.15) is 0 Å². The first-order valence-corrected chi connectivity index (χ1v) is 9.49. The highest BCUT2D eigenvalue weighted by Crippen LogP contribution is 2.30. The summed E-state index contributed by atoms with van der Waals surface area (Å²) in [7, 11) is 4.02. The van der Waals surface area contributed by atoms with Gasteiger partial charge in [-0.25, -0.2) is 4.79 Å². The summed E-state index contributed by atoms with van der Waals surface area (Å²) in [5.74, 6) is 0. The predicted molar refractivity (Wildman–Crippen MR) is 105 cm³/mol. The Balaban J connectivity index is 1.56. The zero-order chi connectivity index (χ0) is 18.4. The van der Waals surface area contributed by atoms with Crippen LogP contribution in [0.15, 0.2) is 24.3 Å². The quantitative estimate of drug-likeness (QED) is 0.845. The highest BCUT2D eigenvalue weighted by Gasteiger charge is 2.24. The molecule has 0 radical (unpaired) electrons. The second-order valence-corrected chi connectivity index (χ2v) is 7.10. The standard InChI is InChI=1S/C19H31N5O2/c1-21(2)8-7-20-19(25)24-11-9-22(10-12-24)17-5-3-4-6-18(17)23-13-15-26-16-14-23/h3-6H,7-16H2,1-2H3,(H,20,25). The lowest BCUT2D eigenvalue weighted by atomic mass is 10.2. The maximum absolute atomic E-state index is 12.3. The molecule has 2 fully saturated rings. The van der Waals surface area contributed by atoms with Crippen molar-refractivity contribution in [3.63, 3.8) is 0 Å². The second kappa shape index (κ2) is 9.09. The van der Waals surface area contributed by atoms with Gasteiger partial charge in [-0.2, -0.15) is 0 Å². The number of rotatable bonds is 5. The van der Waals surface area contributed by atoms with E-state index in [1.807, 2.05) is 19.0 Å². The van der Waals surface area contributed by atoms with E-state index in [0.29, 0.717) is 6.54 Å². The van der Waals surface area contributed by atoms with Gasteiger partial charge in [0.15, 0.2) is 0 Å². The Kier molecular flexibility index (Phi) is 6.57. The summed E-state index contributed by atoms with van der Waals surface area (Å²) >= 11 is 0. The van der Waals surface area contributed by atoms with Crippen LogP contribution in [0.5, 0.6) is 0 Å². The Labute approximate surface area is 156 Å². The van der Waals surface area contributed by atoms with Crippen molar-refractivity contribution in [3.8, 4) is 0 Å². The Morgan fingerprint density at radius 2 is 1.58 bits per heavy atom. The summed E-state index contributed by atoms with van der Waals surface area (Å²) in [6.45, 7) is 8.23. The minimum Gasteiger partial charge on any atom is -0.378 e. The smallest absolute Gasteiger partial charge is 0.317 e. The molecule has 0 spiro atoms. The Morgan fingerprint density at radius 3 is 2.15 bits per heavy atom. The summed E-state index contributed by atoms with van der Waals surface area (Å²) in [6.07, 6.45) is 0. The predicted octanol–water partition coefficient (Wildman–Crippen LogP) is 0.916. The van der Waals surface area contributed by atoms with E-state index in [1.165, 1.54) is 11.4 Å². The molecule has 1 aromatic rings. The molecule has 0 saturated carbocycles. The van der Waals surface area contributed by atoms with E-state index in [2.05, 4.69) is 44.3 Å². The largest absolute Gasteiger partial charge is 0.378 e. The lowest BCUT2D eigenvalue weighted by Crippen LogP contribution is -2.52. The number of benzene rings is 1. The molecule has 2 aliphatic heterocycles. The fourth-order valence-corrected chi connectivity index (χ4v) is 3.45. The molecular weight excluding hydrogens is 330 g/mol. The third kappa shape index (κ3) is 4.80. The molecule has 2 saturated heterocycles. The lowest BCUT2D eigenvalue weighted by molar-refractivity contribution is 0.122. The van der Waals surface area contributed by atoms with E-state index >= 15 is 0 Å². The van der Waals surface area contributed by atoms with Gasteiger partial charge in [0.25, 0.3) is 0 Å². The molecular formula is C19H31N5O2. The molecule has 0 unspecified atom stereocenters. The highest BCUT2D eigenvalue weighted by atomic mass is 16.5. The molecule has 0 atom stereocenters. The van der Waals surface area contributed by atoms with Crippen LogP contribution in [0.2, 0.25) is 0 Å². The van der Waals surface area contributed by atoms with Gasteiger partial charge in [-0.05, 0) is 26.2 Å². The van der Waals surface area contributed by atoms with Crippen molar-refractivity contribution in [2.24, 2.45) is 0 Å². The van der Waals surface area contributed by atoms with Gasteiger partial charge in [0, 0.05) is 52.4 Å². The third-order valence-electron chi connectivity index (χ3n) is 4.98. The fraction of sp³-hybridized carbons (Fsp3) is 0.632. The molecule has 1 N–H and O–H groups in total. The maximum Gasteiger partial charge on any atom is 0.317 e. The van der Waals surface area contributed by atoms with Crippen LogP contribution < -0.4 is 15.1 Å². The average molecular weight is 361 g/mol. The third-order valence-corrected chi connectivity index (χ3v) is 4.98. The number of urea groups is 1.